The van der Waals surface area contributed by atoms with E-state index in [0.29, 0.717) is 41.8 Å². The first kappa shape index (κ1) is 18.3. The van der Waals surface area contributed by atoms with E-state index in [4.69, 9.17) is 20.8 Å². The molecule has 7 heteroatoms. The molecule has 1 atom stereocenters. The van der Waals surface area contributed by atoms with Crippen LogP contribution in [0.25, 0.3) is 0 Å². The first-order valence-corrected chi connectivity index (χ1v) is 9.02. The zero-order valence-electron chi connectivity index (χ0n) is 14.5. The lowest BCUT2D eigenvalue weighted by molar-refractivity contribution is 0.0647. The molecule has 1 fully saturated rings. The van der Waals surface area contributed by atoms with E-state index in [1.54, 1.807) is 35.2 Å². The van der Waals surface area contributed by atoms with Crippen LogP contribution in [0.4, 0.5) is 0 Å². The second kappa shape index (κ2) is 8.27. The standard InChI is InChI=1S/C19H21ClN2O4/c1-2-25-16-8-7-13(11-15(16)20)18(23)21-14-5-3-9-22(12-14)19(24)17-6-4-10-26-17/h4,6-8,10-11,14H,2-3,5,9,12H2,1H3,(H,21,23). The van der Waals surface area contributed by atoms with E-state index < -0.39 is 0 Å². The third kappa shape index (κ3) is 4.19. The monoisotopic (exact) mass is 376 g/mol. The number of rotatable bonds is 5. The SMILES string of the molecule is CCOc1ccc(C(=O)NC2CCCN(C(=O)c3ccco3)C2)cc1Cl. The summed E-state index contributed by atoms with van der Waals surface area (Å²) in [6.45, 7) is 3.49. The molecule has 0 aliphatic carbocycles. The minimum absolute atomic E-state index is 0.111. The lowest BCUT2D eigenvalue weighted by Gasteiger charge is -2.32. The predicted octanol–water partition coefficient (Wildman–Crippen LogP) is 3.37. The van der Waals surface area contributed by atoms with Crippen molar-refractivity contribution in [2.75, 3.05) is 19.7 Å². The molecule has 1 N–H and O–H groups in total. The maximum absolute atomic E-state index is 12.5. The second-order valence-corrected chi connectivity index (χ2v) is 6.53. The molecule has 1 aromatic heterocycles. The van der Waals surface area contributed by atoms with Crippen molar-refractivity contribution in [2.24, 2.45) is 0 Å². The smallest absolute Gasteiger partial charge is 0.289 e. The minimum atomic E-state index is -0.216. The Morgan fingerprint density at radius 1 is 1.38 bits per heavy atom. The van der Waals surface area contributed by atoms with Gasteiger partial charge in [0, 0.05) is 24.7 Å². The van der Waals surface area contributed by atoms with Gasteiger partial charge in [0.25, 0.3) is 11.8 Å². The third-order valence-electron chi connectivity index (χ3n) is 4.27. The molecule has 2 heterocycles. The molecule has 6 nitrogen and oxygen atoms in total. The molecule has 1 aliphatic heterocycles. The number of nitrogens with one attached hydrogen (secondary N) is 1. The van der Waals surface area contributed by atoms with Crippen LogP contribution in [0.2, 0.25) is 5.02 Å². The van der Waals surface area contributed by atoms with Gasteiger partial charge in [-0.15, -0.1) is 0 Å². The summed E-state index contributed by atoms with van der Waals surface area (Å²) >= 11 is 6.15. The molecule has 2 aromatic rings. The molecule has 2 amide bonds. The van der Waals surface area contributed by atoms with Crippen LogP contribution in [0.5, 0.6) is 5.75 Å². The zero-order chi connectivity index (χ0) is 18.5. The fraction of sp³-hybridized carbons (Fsp3) is 0.368. The van der Waals surface area contributed by atoms with Crippen LogP contribution in [0.3, 0.4) is 0 Å². The predicted molar refractivity (Wildman–Crippen MR) is 97.7 cm³/mol. The van der Waals surface area contributed by atoms with E-state index >= 15 is 0 Å². The minimum Gasteiger partial charge on any atom is -0.492 e. The fourth-order valence-electron chi connectivity index (χ4n) is 3.02. The van der Waals surface area contributed by atoms with Crippen molar-refractivity contribution in [3.63, 3.8) is 0 Å². The van der Waals surface area contributed by atoms with Gasteiger partial charge in [-0.3, -0.25) is 9.59 Å². The van der Waals surface area contributed by atoms with Crippen molar-refractivity contribution < 1.29 is 18.7 Å². The molecule has 0 bridgehead atoms. The van der Waals surface area contributed by atoms with Crippen molar-refractivity contribution in [3.05, 3.63) is 52.9 Å². The van der Waals surface area contributed by atoms with Gasteiger partial charge in [-0.2, -0.15) is 0 Å². The van der Waals surface area contributed by atoms with Crippen molar-refractivity contribution >= 4 is 23.4 Å². The van der Waals surface area contributed by atoms with E-state index in [9.17, 15) is 9.59 Å². The highest BCUT2D eigenvalue weighted by molar-refractivity contribution is 6.32. The van der Waals surface area contributed by atoms with Crippen molar-refractivity contribution in [2.45, 2.75) is 25.8 Å². The molecule has 1 aromatic carbocycles. The summed E-state index contributed by atoms with van der Waals surface area (Å²) in [7, 11) is 0. The summed E-state index contributed by atoms with van der Waals surface area (Å²) in [6, 6.07) is 8.19. The fourth-order valence-corrected chi connectivity index (χ4v) is 3.25. The lowest BCUT2D eigenvalue weighted by Crippen LogP contribution is -2.49. The molecule has 0 saturated carbocycles. The molecule has 3 rings (SSSR count). The van der Waals surface area contributed by atoms with Crippen LogP contribution < -0.4 is 10.1 Å². The number of carbonyl (C=O) groups is 2. The van der Waals surface area contributed by atoms with Crippen molar-refractivity contribution in [1.29, 1.82) is 0 Å². The Morgan fingerprint density at radius 2 is 2.23 bits per heavy atom. The molecular formula is C19H21ClN2O4. The molecule has 1 aliphatic rings. The van der Waals surface area contributed by atoms with Gasteiger partial charge >= 0.3 is 0 Å². The first-order valence-electron chi connectivity index (χ1n) is 8.64. The number of hydrogen-bond donors (Lipinski definition) is 1. The molecular weight excluding hydrogens is 356 g/mol. The van der Waals surface area contributed by atoms with Crippen molar-refractivity contribution in [3.8, 4) is 5.75 Å². The van der Waals surface area contributed by atoms with E-state index in [1.807, 2.05) is 6.92 Å². The molecule has 1 saturated heterocycles. The van der Waals surface area contributed by atoms with Gasteiger partial charge in [-0.05, 0) is 50.1 Å². The Hall–Kier alpha value is -2.47. The third-order valence-corrected chi connectivity index (χ3v) is 4.57. The maximum Gasteiger partial charge on any atom is 0.289 e. The van der Waals surface area contributed by atoms with Gasteiger partial charge in [0.1, 0.15) is 5.75 Å². The van der Waals surface area contributed by atoms with Gasteiger partial charge < -0.3 is 19.4 Å². The summed E-state index contributed by atoms with van der Waals surface area (Å²) in [4.78, 5) is 26.6. The van der Waals surface area contributed by atoms with Crippen LogP contribution in [-0.4, -0.2) is 42.5 Å². The number of piperidine rings is 1. The average molecular weight is 377 g/mol. The normalized spacial score (nSPS) is 17.0. The van der Waals surface area contributed by atoms with E-state index in [1.165, 1.54) is 6.26 Å². The number of carbonyl (C=O) groups excluding carboxylic acids is 2. The number of halogens is 1. The van der Waals surface area contributed by atoms with Gasteiger partial charge in [0.2, 0.25) is 0 Å². The van der Waals surface area contributed by atoms with Gasteiger partial charge in [-0.1, -0.05) is 11.6 Å². The number of furan rings is 1. The maximum atomic E-state index is 12.5. The number of benzene rings is 1. The summed E-state index contributed by atoms with van der Waals surface area (Å²) in [5, 5.41) is 3.38. The summed E-state index contributed by atoms with van der Waals surface area (Å²) in [6.07, 6.45) is 3.12. The Balaban J connectivity index is 1.62. The van der Waals surface area contributed by atoms with Crippen LogP contribution >= 0.6 is 11.6 Å². The van der Waals surface area contributed by atoms with Crippen LogP contribution in [0.1, 0.15) is 40.7 Å². The quantitative estimate of drug-likeness (QED) is 0.868. The van der Waals surface area contributed by atoms with E-state index in [-0.39, 0.29) is 17.9 Å². The van der Waals surface area contributed by atoms with Crippen LogP contribution in [0.15, 0.2) is 41.0 Å². The Kier molecular flexibility index (Phi) is 5.83. The van der Waals surface area contributed by atoms with Crippen molar-refractivity contribution in [1.82, 2.24) is 10.2 Å². The largest absolute Gasteiger partial charge is 0.492 e. The number of amides is 2. The number of hydrogen-bond acceptors (Lipinski definition) is 4. The summed E-state index contributed by atoms with van der Waals surface area (Å²) < 4.78 is 10.6. The van der Waals surface area contributed by atoms with Crippen LogP contribution in [0, 0.1) is 0 Å². The topological polar surface area (TPSA) is 71.8 Å². The summed E-state index contributed by atoms with van der Waals surface area (Å²) in [5.74, 6) is 0.499. The summed E-state index contributed by atoms with van der Waals surface area (Å²) in [5.41, 5.74) is 0.466. The number of likely N-dealkylation sites (tertiary alicyclic amines) is 1. The zero-order valence-corrected chi connectivity index (χ0v) is 15.3. The molecule has 26 heavy (non-hydrogen) atoms. The molecule has 0 spiro atoms. The van der Waals surface area contributed by atoms with Gasteiger partial charge in [-0.25, -0.2) is 0 Å². The highest BCUT2D eigenvalue weighted by Gasteiger charge is 2.27. The van der Waals surface area contributed by atoms with Crippen LogP contribution in [-0.2, 0) is 0 Å². The molecule has 138 valence electrons. The average Bonchev–Trinajstić information content (AvgIpc) is 3.18. The van der Waals surface area contributed by atoms with E-state index in [0.717, 1.165) is 12.8 Å². The highest BCUT2D eigenvalue weighted by atomic mass is 35.5. The highest BCUT2D eigenvalue weighted by Crippen LogP contribution is 2.25. The number of ether oxygens (including phenoxy) is 1. The second-order valence-electron chi connectivity index (χ2n) is 6.12. The Bertz CT molecular complexity index is 776. The Morgan fingerprint density at radius 3 is 2.92 bits per heavy atom. The number of nitrogens with zero attached hydrogens (tertiary/aromatic N) is 1. The lowest BCUT2D eigenvalue weighted by atomic mass is 10.0. The molecule has 0 radical (unpaired) electrons. The van der Waals surface area contributed by atoms with Gasteiger partial charge in [0.15, 0.2) is 5.76 Å². The molecule has 1 unspecified atom stereocenters. The van der Waals surface area contributed by atoms with Gasteiger partial charge in [0.05, 0.1) is 17.9 Å². The van der Waals surface area contributed by atoms with E-state index in [2.05, 4.69) is 5.32 Å². The Labute approximate surface area is 157 Å². The first-order chi connectivity index (χ1) is 12.6.